The SMILES string of the molecule is CC(C)(C)CN(CCCO)C(=O)NCc1nc2ccccc2s1. The quantitative estimate of drug-likeness (QED) is 0.852. The smallest absolute Gasteiger partial charge is 0.317 e. The summed E-state index contributed by atoms with van der Waals surface area (Å²) in [5.41, 5.74) is 0.983. The van der Waals surface area contributed by atoms with Gasteiger partial charge in [0.2, 0.25) is 0 Å². The topological polar surface area (TPSA) is 65.5 Å². The van der Waals surface area contributed by atoms with Crippen LogP contribution >= 0.6 is 11.3 Å². The highest BCUT2D eigenvalue weighted by atomic mass is 32.1. The van der Waals surface area contributed by atoms with Crippen molar-refractivity contribution in [1.82, 2.24) is 15.2 Å². The Balaban J connectivity index is 1.96. The van der Waals surface area contributed by atoms with E-state index in [9.17, 15) is 4.79 Å². The van der Waals surface area contributed by atoms with E-state index in [4.69, 9.17) is 5.11 Å². The minimum Gasteiger partial charge on any atom is -0.396 e. The van der Waals surface area contributed by atoms with Crippen LogP contribution < -0.4 is 5.32 Å². The second-order valence-electron chi connectivity index (χ2n) is 6.79. The van der Waals surface area contributed by atoms with E-state index in [0.29, 0.717) is 26.1 Å². The van der Waals surface area contributed by atoms with E-state index in [1.807, 2.05) is 24.3 Å². The minimum atomic E-state index is -0.104. The molecule has 5 nitrogen and oxygen atoms in total. The van der Waals surface area contributed by atoms with E-state index in [0.717, 1.165) is 15.2 Å². The van der Waals surface area contributed by atoms with Crippen LogP contribution in [0.25, 0.3) is 10.2 Å². The number of hydrogen-bond donors (Lipinski definition) is 2. The highest BCUT2D eigenvalue weighted by Crippen LogP contribution is 2.21. The fourth-order valence-corrected chi connectivity index (χ4v) is 3.25. The summed E-state index contributed by atoms with van der Waals surface area (Å²) in [5.74, 6) is 0. The standard InChI is InChI=1S/C17H25N3O2S/c1-17(2,3)12-20(9-6-10-21)16(22)18-11-15-19-13-7-4-5-8-14(13)23-15/h4-5,7-8,21H,6,9-12H2,1-3H3,(H,18,22). The summed E-state index contributed by atoms with van der Waals surface area (Å²) in [7, 11) is 0. The average molecular weight is 335 g/mol. The van der Waals surface area contributed by atoms with Gasteiger partial charge in [-0.25, -0.2) is 9.78 Å². The number of benzene rings is 1. The molecule has 0 radical (unpaired) electrons. The largest absolute Gasteiger partial charge is 0.396 e. The normalized spacial score (nSPS) is 11.7. The molecule has 1 heterocycles. The molecular formula is C17H25N3O2S. The zero-order valence-corrected chi connectivity index (χ0v) is 14.8. The predicted molar refractivity (Wildman–Crippen MR) is 94.6 cm³/mol. The molecule has 0 aliphatic carbocycles. The number of urea groups is 1. The maximum absolute atomic E-state index is 12.4. The highest BCUT2D eigenvalue weighted by molar-refractivity contribution is 7.18. The second kappa shape index (κ2) is 7.75. The Kier molecular flexibility index (Phi) is 5.96. The van der Waals surface area contributed by atoms with Crippen LogP contribution in [-0.2, 0) is 6.54 Å². The van der Waals surface area contributed by atoms with Crippen molar-refractivity contribution in [2.75, 3.05) is 19.7 Å². The molecule has 0 bridgehead atoms. The third-order valence-electron chi connectivity index (χ3n) is 3.27. The van der Waals surface area contributed by atoms with Gasteiger partial charge in [0.25, 0.3) is 0 Å². The number of para-hydroxylation sites is 1. The van der Waals surface area contributed by atoms with Gasteiger partial charge in [-0.05, 0) is 24.0 Å². The van der Waals surface area contributed by atoms with Crippen LogP contribution in [0.3, 0.4) is 0 Å². The van der Waals surface area contributed by atoms with E-state index in [1.165, 1.54) is 0 Å². The van der Waals surface area contributed by atoms with Gasteiger partial charge < -0.3 is 15.3 Å². The number of nitrogens with zero attached hydrogens (tertiary/aromatic N) is 2. The summed E-state index contributed by atoms with van der Waals surface area (Å²) in [6.45, 7) is 8.02. The summed E-state index contributed by atoms with van der Waals surface area (Å²) < 4.78 is 1.13. The third-order valence-corrected chi connectivity index (χ3v) is 4.30. The van der Waals surface area contributed by atoms with Gasteiger partial charge in [0, 0.05) is 19.7 Å². The average Bonchev–Trinajstić information content (AvgIpc) is 2.90. The first kappa shape index (κ1) is 17.7. The number of amides is 2. The van der Waals surface area contributed by atoms with E-state index >= 15 is 0 Å². The van der Waals surface area contributed by atoms with Gasteiger partial charge in [-0.3, -0.25) is 0 Å². The van der Waals surface area contributed by atoms with Crippen molar-refractivity contribution >= 4 is 27.6 Å². The van der Waals surface area contributed by atoms with Crippen LogP contribution in [-0.4, -0.2) is 40.7 Å². The number of aromatic nitrogens is 1. The Morgan fingerprint density at radius 1 is 1.35 bits per heavy atom. The molecule has 23 heavy (non-hydrogen) atoms. The number of aliphatic hydroxyl groups excluding tert-OH is 1. The lowest BCUT2D eigenvalue weighted by molar-refractivity contribution is 0.164. The van der Waals surface area contributed by atoms with Crippen molar-refractivity contribution in [1.29, 1.82) is 0 Å². The Morgan fingerprint density at radius 2 is 2.09 bits per heavy atom. The lowest BCUT2D eigenvalue weighted by atomic mass is 9.96. The molecule has 2 aromatic rings. The molecule has 0 spiro atoms. The highest BCUT2D eigenvalue weighted by Gasteiger charge is 2.20. The Labute approximate surface area is 141 Å². The van der Waals surface area contributed by atoms with Gasteiger partial charge in [0.05, 0.1) is 16.8 Å². The maximum atomic E-state index is 12.4. The molecule has 126 valence electrons. The predicted octanol–water partition coefficient (Wildman–Crippen LogP) is 3.24. The molecule has 0 saturated carbocycles. The van der Waals surface area contributed by atoms with E-state index in [2.05, 4.69) is 31.1 Å². The molecule has 0 fully saturated rings. The minimum absolute atomic E-state index is 0.0165. The molecule has 1 aromatic heterocycles. The molecule has 2 rings (SSSR count). The summed E-state index contributed by atoms with van der Waals surface area (Å²) in [6.07, 6.45) is 0.588. The van der Waals surface area contributed by atoms with Gasteiger partial charge in [-0.15, -0.1) is 11.3 Å². The lowest BCUT2D eigenvalue weighted by Crippen LogP contribution is -2.44. The van der Waals surface area contributed by atoms with Crippen LogP contribution in [0.2, 0.25) is 0 Å². The fraction of sp³-hybridized carbons (Fsp3) is 0.529. The van der Waals surface area contributed by atoms with Gasteiger partial charge in [-0.2, -0.15) is 0 Å². The van der Waals surface area contributed by atoms with Crippen molar-refractivity contribution in [2.24, 2.45) is 5.41 Å². The molecule has 2 amide bonds. The zero-order valence-electron chi connectivity index (χ0n) is 14.0. The van der Waals surface area contributed by atoms with Crippen LogP contribution in [0.15, 0.2) is 24.3 Å². The molecule has 1 aromatic carbocycles. The third kappa shape index (κ3) is 5.48. The maximum Gasteiger partial charge on any atom is 0.317 e. The zero-order chi connectivity index (χ0) is 16.9. The number of hydrogen-bond acceptors (Lipinski definition) is 4. The Bertz CT molecular complexity index is 616. The first-order chi connectivity index (χ1) is 10.9. The van der Waals surface area contributed by atoms with Crippen LogP contribution in [0, 0.1) is 5.41 Å². The molecular weight excluding hydrogens is 310 g/mol. The number of thiazole rings is 1. The number of nitrogens with one attached hydrogen (secondary N) is 1. The van der Waals surface area contributed by atoms with Crippen LogP contribution in [0.1, 0.15) is 32.2 Å². The van der Waals surface area contributed by atoms with Crippen molar-refractivity contribution in [3.63, 3.8) is 0 Å². The van der Waals surface area contributed by atoms with Crippen LogP contribution in [0.5, 0.6) is 0 Å². The number of fused-ring (bicyclic) bond motifs is 1. The summed E-state index contributed by atoms with van der Waals surface area (Å²) in [4.78, 5) is 18.7. The Hall–Kier alpha value is -1.66. The first-order valence-corrected chi connectivity index (χ1v) is 8.69. The van der Waals surface area contributed by atoms with Gasteiger partial charge in [0.1, 0.15) is 5.01 Å². The van der Waals surface area contributed by atoms with Crippen LogP contribution in [0.4, 0.5) is 4.79 Å². The van der Waals surface area contributed by atoms with Crippen molar-refractivity contribution in [3.05, 3.63) is 29.3 Å². The molecule has 6 heteroatoms. The van der Waals surface area contributed by atoms with Crippen molar-refractivity contribution < 1.29 is 9.90 Å². The molecule has 2 N–H and O–H groups in total. The summed E-state index contributed by atoms with van der Waals surface area (Å²) in [6, 6.07) is 7.86. The van der Waals surface area contributed by atoms with Gasteiger partial charge in [0.15, 0.2) is 0 Å². The molecule has 0 aliphatic rings. The van der Waals surface area contributed by atoms with Gasteiger partial charge >= 0.3 is 6.03 Å². The first-order valence-electron chi connectivity index (χ1n) is 7.87. The fourth-order valence-electron chi connectivity index (χ4n) is 2.35. The summed E-state index contributed by atoms with van der Waals surface area (Å²) >= 11 is 1.60. The van der Waals surface area contributed by atoms with Crippen molar-refractivity contribution in [3.8, 4) is 0 Å². The second-order valence-corrected chi connectivity index (χ2v) is 7.91. The Morgan fingerprint density at radius 3 is 2.74 bits per heavy atom. The number of carbonyl (C=O) groups excluding carboxylic acids is 1. The molecule has 0 unspecified atom stereocenters. The monoisotopic (exact) mass is 335 g/mol. The van der Waals surface area contributed by atoms with Crippen molar-refractivity contribution in [2.45, 2.75) is 33.7 Å². The molecule has 0 saturated heterocycles. The van der Waals surface area contributed by atoms with E-state index < -0.39 is 0 Å². The van der Waals surface area contributed by atoms with Gasteiger partial charge in [-0.1, -0.05) is 32.9 Å². The van der Waals surface area contributed by atoms with E-state index in [1.54, 1.807) is 16.2 Å². The van der Waals surface area contributed by atoms with E-state index in [-0.39, 0.29) is 18.1 Å². The number of aliphatic hydroxyl groups is 1. The molecule has 0 atom stereocenters. The number of carbonyl (C=O) groups is 1. The summed E-state index contributed by atoms with van der Waals surface area (Å²) in [5, 5.41) is 12.9. The number of rotatable bonds is 6. The lowest BCUT2D eigenvalue weighted by Gasteiger charge is -2.30. The molecule has 0 aliphatic heterocycles.